The first-order valence-electron chi connectivity index (χ1n) is 9.17. The molecule has 1 aliphatic rings. The highest BCUT2D eigenvalue weighted by molar-refractivity contribution is 5.87. The summed E-state index contributed by atoms with van der Waals surface area (Å²) in [6, 6.07) is 19.6. The molecule has 1 atom stereocenters. The lowest BCUT2D eigenvalue weighted by Gasteiger charge is -2.26. The van der Waals surface area contributed by atoms with E-state index in [9.17, 15) is 0 Å². The number of benzene rings is 2. The van der Waals surface area contributed by atoms with E-state index in [1.807, 2.05) is 18.3 Å². The summed E-state index contributed by atoms with van der Waals surface area (Å²) in [6.45, 7) is 3.11. The largest absolute Gasteiger partial charge is 0.494 e. The number of methoxy groups -OCH3 is 1. The van der Waals surface area contributed by atoms with Crippen molar-refractivity contribution in [1.82, 2.24) is 9.88 Å². The number of rotatable bonds is 5. The fourth-order valence-corrected chi connectivity index (χ4v) is 3.88. The lowest BCUT2D eigenvalue weighted by molar-refractivity contribution is 0.251. The second-order valence-corrected chi connectivity index (χ2v) is 6.97. The maximum absolute atomic E-state index is 5.47. The number of likely N-dealkylation sites (N-methyl/N-ethyl adjacent to an activating group) is 1. The van der Waals surface area contributed by atoms with Crippen LogP contribution in [-0.2, 0) is 6.54 Å². The highest BCUT2D eigenvalue weighted by Gasteiger charge is 2.26. The second-order valence-electron chi connectivity index (χ2n) is 6.97. The fourth-order valence-electron chi connectivity index (χ4n) is 3.88. The van der Waals surface area contributed by atoms with Crippen LogP contribution in [0.1, 0.15) is 12.0 Å². The molecule has 0 bridgehead atoms. The van der Waals surface area contributed by atoms with Crippen LogP contribution in [0.4, 0.5) is 5.69 Å². The van der Waals surface area contributed by atoms with E-state index in [1.165, 1.54) is 23.1 Å². The summed E-state index contributed by atoms with van der Waals surface area (Å²) >= 11 is 0. The monoisotopic (exact) mass is 347 g/mol. The first kappa shape index (κ1) is 16.9. The van der Waals surface area contributed by atoms with Crippen LogP contribution < -0.4 is 9.64 Å². The molecule has 3 aromatic rings. The Kier molecular flexibility index (Phi) is 4.76. The zero-order valence-electron chi connectivity index (χ0n) is 15.4. The molecular weight excluding hydrogens is 322 g/mol. The summed E-state index contributed by atoms with van der Waals surface area (Å²) in [5, 5.41) is 1.18. The van der Waals surface area contributed by atoms with E-state index in [4.69, 9.17) is 4.74 Å². The molecule has 1 aromatic heterocycles. The molecule has 0 radical (unpaired) electrons. The number of anilines is 1. The number of para-hydroxylation sites is 1. The lowest BCUT2D eigenvalue weighted by atomic mass is 10.1. The first-order chi connectivity index (χ1) is 12.8. The minimum absolute atomic E-state index is 0.559. The molecule has 26 heavy (non-hydrogen) atoms. The predicted octanol–water partition coefficient (Wildman–Crippen LogP) is 3.95. The van der Waals surface area contributed by atoms with Crippen LogP contribution in [0.25, 0.3) is 10.9 Å². The number of aromatic nitrogens is 1. The first-order valence-corrected chi connectivity index (χ1v) is 9.17. The Morgan fingerprint density at radius 1 is 1.12 bits per heavy atom. The zero-order chi connectivity index (χ0) is 17.9. The maximum Gasteiger partial charge on any atom is 0.145 e. The molecule has 1 fully saturated rings. The van der Waals surface area contributed by atoms with Gasteiger partial charge in [0.25, 0.3) is 0 Å². The van der Waals surface area contributed by atoms with Gasteiger partial charge in [0.05, 0.1) is 7.11 Å². The van der Waals surface area contributed by atoms with Gasteiger partial charge in [-0.1, -0.05) is 30.3 Å². The minimum Gasteiger partial charge on any atom is -0.494 e. The fraction of sp³-hybridized carbons (Fsp3) is 0.318. The average molecular weight is 347 g/mol. The van der Waals surface area contributed by atoms with Gasteiger partial charge < -0.3 is 9.64 Å². The van der Waals surface area contributed by atoms with Crippen molar-refractivity contribution in [2.75, 3.05) is 32.1 Å². The molecule has 4 nitrogen and oxygen atoms in total. The van der Waals surface area contributed by atoms with Crippen LogP contribution >= 0.6 is 0 Å². The maximum atomic E-state index is 5.47. The van der Waals surface area contributed by atoms with E-state index in [1.54, 1.807) is 7.11 Å². The standard InChI is InChI=1S/C22H25N3O/c1-24(19-12-14-25(16-19)18-7-4-3-5-8-18)15-17-10-11-21(26-2)22-20(17)9-6-13-23-22/h3-11,13,19H,12,14-16H2,1-2H3. The van der Waals surface area contributed by atoms with E-state index in [2.05, 4.69) is 64.3 Å². The Hall–Kier alpha value is -2.59. The Balaban J connectivity index is 1.51. The molecule has 2 aromatic carbocycles. The number of pyridine rings is 1. The molecule has 4 rings (SSSR count). The van der Waals surface area contributed by atoms with Gasteiger partial charge >= 0.3 is 0 Å². The summed E-state index contributed by atoms with van der Waals surface area (Å²) in [7, 11) is 3.93. The van der Waals surface area contributed by atoms with Crippen molar-refractivity contribution in [1.29, 1.82) is 0 Å². The molecule has 1 aliphatic heterocycles. The van der Waals surface area contributed by atoms with Crippen LogP contribution in [0.2, 0.25) is 0 Å². The van der Waals surface area contributed by atoms with Crippen molar-refractivity contribution in [2.24, 2.45) is 0 Å². The zero-order valence-corrected chi connectivity index (χ0v) is 15.4. The number of nitrogens with zero attached hydrogens (tertiary/aromatic N) is 3. The SMILES string of the molecule is COc1ccc(CN(C)C2CCN(c3ccccc3)C2)c2cccnc12. The third kappa shape index (κ3) is 3.25. The van der Waals surface area contributed by atoms with Gasteiger partial charge in [-0.15, -0.1) is 0 Å². The lowest BCUT2D eigenvalue weighted by Crippen LogP contribution is -2.34. The molecule has 0 amide bonds. The van der Waals surface area contributed by atoms with E-state index >= 15 is 0 Å². The molecule has 0 saturated carbocycles. The Bertz CT molecular complexity index is 881. The van der Waals surface area contributed by atoms with Crippen LogP contribution in [0.5, 0.6) is 5.75 Å². The highest BCUT2D eigenvalue weighted by Crippen LogP contribution is 2.28. The second kappa shape index (κ2) is 7.34. The molecular formula is C22H25N3O. The van der Waals surface area contributed by atoms with Crippen molar-refractivity contribution in [3.8, 4) is 5.75 Å². The van der Waals surface area contributed by atoms with Crippen molar-refractivity contribution in [3.63, 3.8) is 0 Å². The quantitative estimate of drug-likeness (QED) is 0.699. The van der Waals surface area contributed by atoms with Crippen LogP contribution in [0.3, 0.4) is 0 Å². The van der Waals surface area contributed by atoms with Crippen molar-refractivity contribution in [3.05, 3.63) is 66.4 Å². The molecule has 1 saturated heterocycles. The summed E-state index contributed by atoms with van der Waals surface area (Å²) in [5.41, 5.74) is 3.57. The summed E-state index contributed by atoms with van der Waals surface area (Å²) in [4.78, 5) is 9.47. The Morgan fingerprint density at radius 2 is 1.96 bits per heavy atom. The van der Waals surface area contributed by atoms with Gasteiger partial charge in [0.15, 0.2) is 0 Å². The molecule has 0 N–H and O–H groups in total. The number of ether oxygens (including phenoxy) is 1. The molecule has 134 valence electrons. The average Bonchev–Trinajstić information content (AvgIpc) is 3.19. The molecule has 4 heteroatoms. The number of hydrogen-bond donors (Lipinski definition) is 0. The van der Waals surface area contributed by atoms with E-state index in [0.717, 1.165) is 30.9 Å². The van der Waals surface area contributed by atoms with Gasteiger partial charge in [0.1, 0.15) is 11.3 Å². The van der Waals surface area contributed by atoms with Gasteiger partial charge in [-0.3, -0.25) is 9.88 Å². The van der Waals surface area contributed by atoms with Crippen molar-refractivity contribution >= 4 is 16.6 Å². The van der Waals surface area contributed by atoms with Crippen LogP contribution in [0, 0.1) is 0 Å². The highest BCUT2D eigenvalue weighted by atomic mass is 16.5. The third-order valence-electron chi connectivity index (χ3n) is 5.37. The number of hydrogen-bond acceptors (Lipinski definition) is 4. The van der Waals surface area contributed by atoms with Gasteiger partial charge in [-0.2, -0.15) is 0 Å². The molecule has 0 spiro atoms. The predicted molar refractivity (Wildman–Crippen MR) is 107 cm³/mol. The Labute approximate surface area is 155 Å². The van der Waals surface area contributed by atoms with E-state index < -0.39 is 0 Å². The van der Waals surface area contributed by atoms with Gasteiger partial charge in [0, 0.05) is 42.9 Å². The van der Waals surface area contributed by atoms with Crippen molar-refractivity contribution < 1.29 is 4.74 Å². The third-order valence-corrected chi connectivity index (χ3v) is 5.37. The molecule has 1 unspecified atom stereocenters. The molecule has 2 heterocycles. The summed E-state index contributed by atoms with van der Waals surface area (Å²) in [6.07, 6.45) is 3.02. The van der Waals surface area contributed by atoms with Crippen molar-refractivity contribution in [2.45, 2.75) is 19.0 Å². The smallest absolute Gasteiger partial charge is 0.145 e. The summed E-state index contributed by atoms with van der Waals surface area (Å²) in [5.74, 6) is 0.836. The van der Waals surface area contributed by atoms with Gasteiger partial charge in [-0.25, -0.2) is 0 Å². The van der Waals surface area contributed by atoms with Gasteiger partial charge in [-0.05, 0) is 43.3 Å². The number of fused-ring (bicyclic) bond motifs is 1. The van der Waals surface area contributed by atoms with Crippen LogP contribution in [0.15, 0.2) is 60.8 Å². The van der Waals surface area contributed by atoms with E-state index in [-0.39, 0.29) is 0 Å². The van der Waals surface area contributed by atoms with E-state index in [0.29, 0.717) is 6.04 Å². The van der Waals surface area contributed by atoms with Gasteiger partial charge in [0.2, 0.25) is 0 Å². The normalized spacial score (nSPS) is 17.2. The summed E-state index contributed by atoms with van der Waals surface area (Å²) < 4.78 is 5.47. The molecule has 0 aliphatic carbocycles. The topological polar surface area (TPSA) is 28.6 Å². The van der Waals surface area contributed by atoms with Crippen LogP contribution in [-0.4, -0.2) is 43.2 Å². The minimum atomic E-state index is 0.559. The Morgan fingerprint density at radius 3 is 2.77 bits per heavy atom.